The van der Waals surface area contributed by atoms with Crippen LogP contribution in [0.25, 0.3) is 11.3 Å². The lowest BCUT2D eigenvalue weighted by molar-refractivity contribution is -0.880. The SMILES string of the molecule is Cc1cccc(S(=O)(=O)Nc2cccc(-c3ccc(N4CC[NH+](C)CC4)nn3)c2)c1. The van der Waals surface area contributed by atoms with E-state index in [1.165, 1.54) is 4.90 Å². The molecule has 1 saturated heterocycles. The highest BCUT2D eigenvalue weighted by molar-refractivity contribution is 7.92. The Bertz CT molecular complexity index is 1120. The molecular formula is C22H26N5O2S+. The Morgan fingerprint density at radius 1 is 0.967 bits per heavy atom. The molecule has 2 N–H and O–H groups in total. The quantitative estimate of drug-likeness (QED) is 0.650. The number of sulfonamides is 1. The van der Waals surface area contributed by atoms with E-state index in [1.807, 2.05) is 37.3 Å². The lowest BCUT2D eigenvalue weighted by Gasteiger charge is -2.30. The highest BCUT2D eigenvalue weighted by Gasteiger charge is 2.18. The van der Waals surface area contributed by atoms with Gasteiger partial charge in [0.25, 0.3) is 10.0 Å². The molecule has 0 bridgehead atoms. The number of anilines is 2. The number of hydrogen-bond acceptors (Lipinski definition) is 5. The summed E-state index contributed by atoms with van der Waals surface area (Å²) in [5.74, 6) is 0.877. The second-order valence-corrected chi connectivity index (χ2v) is 9.41. The minimum Gasteiger partial charge on any atom is -0.344 e. The van der Waals surface area contributed by atoms with Crippen molar-refractivity contribution in [3.05, 3.63) is 66.2 Å². The molecular weight excluding hydrogens is 398 g/mol. The van der Waals surface area contributed by atoms with Gasteiger partial charge in [0.05, 0.1) is 43.8 Å². The van der Waals surface area contributed by atoms with Gasteiger partial charge in [-0.3, -0.25) is 4.72 Å². The number of rotatable bonds is 5. The molecule has 0 atom stereocenters. The van der Waals surface area contributed by atoms with E-state index in [0.29, 0.717) is 11.4 Å². The molecule has 1 aromatic heterocycles. The summed E-state index contributed by atoms with van der Waals surface area (Å²) in [7, 11) is -1.45. The van der Waals surface area contributed by atoms with Crippen molar-refractivity contribution in [3.8, 4) is 11.3 Å². The summed E-state index contributed by atoms with van der Waals surface area (Å²) < 4.78 is 28.0. The van der Waals surface area contributed by atoms with E-state index in [4.69, 9.17) is 0 Å². The average Bonchev–Trinajstić information content (AvgIpc) is 2.74. The number of aromatic nitrogens is 2. The van der Waals surface area contributed by atoms with Crippen LogP contribution in [-0.4, -0.2) is 51.8 Å². The third-order valence-corrected chi connectivity index (χ3v) is 6.68. The van der Waals surface area contributed by atoms with Crippen molar-refractivity contribution in [2.75, 3.05) is 42.8 Å². The molecule has 3 aromatic rings. The monoisotopic (exact) mass is 424 g/mol. The Labute approximate surface area is 177 Å². The highest BCUT2D eigenvalue weighted by atomic mass is 32.2. The third-order valence-electron chi connectivity index (χ3n) is 5.30. The molecule has 0 radical (unpaired) electrons. The Kier molecular flexibility index (Phi) is 5.69. The summed E-state index contributed by atoms with van der Waals surface area (Å²) in [5.41, 5.74) is 2.89. The van der Waals surface area contributed by atoms with Gasteiger partial charge in [0.2, 0.25) is 0 Å². The molecule has 1 aliphatic rings. The summed E-state index contributed by atoms with van der Waals surface area (Å²) in [4.78, 5) is 4.02. The van der Waals surface area contributed by atoms with E-state index in [9.17, 15) is 8.42 Å². The lowest BCUT2D eigenvalue weighted by Crippen LogP contribution is -3.12. The summed E-state index contributed by atoms with van der Waals surface area (Å²) in [6, 6.07) is 18.0. The smallest absolute Gasteiger partial charge is 0.261 e. The molecule has 1 fully saturated rings. The van der Waals surface area contributed by atoms with E-state index in [-0.39, 0.29) is 4.90 Å². The zero-order valence-electron chi connectivity index (χ0n) is 17.2. The normalized spacial score (nSPS) is 15.2. The fourth-order valence-electron chi connectivity index (χ4n) is 3.50. The topological polar surface area (TPSA) is 79.6 Å². The van der Waals surface area contributed by atoms with Gasteiger partial charge in [0.15, 0.2) is 5.82 Å². The highest BCUT2D eigenvalue weighted by Crippen LogP contribution is 2.24. The largest absolute Gasteiger partial charge is 0.344 e. The van der Waals surface area contributed by atoms with Crippen molar-refractivity contribution in [1.82, 2.24) is 10.2 Å². The zero-order chi connectivity index (χ0) is 21.1. The third kappa shape index (κ3) is 4.60. The van der Waals surface area contributed by atoms with Crippen molar-refractivity contribution in [2.45, 2.75) is 11.8 Å². The predicted octanol–water partition coefficient (Wildman–Crippen LogP) is 1.59. The molecule has 2 heterocycles. The van der Waals surface area contributed by atoms with Crippen LogP contribution >= 0.6 is 0 Å². The van der Waals surface area contributed by atoms with E-state index < -0.39 is 10.0 Å². The molecule has 30 heavy (non-hydrogen) atoms. The molecule has 8 heteroatoms. The molecule has 0 amide bonds. The number of nitrogens with zero attached hydrogens (tertiary/aromatic N) is 3. The van der Waals surface area contributed by atoms with Gasteiger partial charge in [-0.25, -0.2) is 8.42 Å². The minimum atomic E-state index is -3.66. The van der Waals surface area contributed by atoms with Gasteiger partial charge < -0.3 is 9.80 Å². The zero-order valence-corrected chi connectivity index (χ0v) is 18.0. The maximum Gasteiger partial charge on any atom is 0.261 e. The molecule has 7 nitrogen and oxygen atoms in total. The molecule has 0 aliphatic carbocycles. The second kappa shape index (κ2) is 8.41. The number of piperazine rings is 1. The van der Waals surface area contributed by atoms with Crippen LogP contribution in [0.15, 0.2) is 65.6 Å². The molecule has 2 aromatic carbocycles. The number of hydrogen-bond donors (Lipinski definition) is 2. The van der Waals surface area contributed by atoms with Crippen LogP contribution in [0.4, 0.5) is 11.5 Å². The maximum absolute atomic E-state index is 12.7. The number of likely N-dealkylation sites (N-methyl/N-ethyl adjacent to an activating group) is 1. The predicted molar refractivity (Wildman–Crippen MR) is 118 cm³/mol. The first-order chi connectivity index (χ1) is 14.4. The molecule has 1 aliphatic heterocycles. The summed E-state index contributed by atoms with van der Waals surface area (Å²) >= 11 is 0. The fourth-order valence-corrected chi connectivity index (χ4v) is 4.66. The van der Waals surface area contributed by atoms with Gasteiger partial charge in [0, 0.05) is 11.3 Å². The number of quaternary nitrogens is 1. The first-order valence-electron chi connectivity index (χ1n) is 10.0. The standard InChI is InChI=1S/C22H25N5O2S/c1-17-5-3-8-20(15-17)30(28,29)25-19-7-4-6-18(16-19)21-9-10-22(24-23-21)27-13-11-26(2)12-14-27/h3-10,15-16,25H,11-14H2,1-2H3/p+1. The lowest BCUT2D eigenvalue weighted by atomic mass is 10.1. The van der Waals surface area contributed by atoms with Gasteiger partial charge in [-0.05, 0) is 48.9 Å². The van der Waals surface area contributed by atoms with E-state index in [1.54, 1.807) is 30.3 Å². The van der Waals surface area contributed by atoms with Crippen LogP contribution < -0.4 is 14.5 Å². The summed E-state index contributed by atoms with van der Waals surface area (Å²) in [6.07, 6.45) is 0. The number of nitrogens with one attached hydrogen (secondary N) is 2. The van der Waals surface area contributed by atoms with Gasteiger partial charge in [0.1, 0.15) is 0 Å². The molecule has 0 saturated carbocycles. The van der Waals surface area contributed by atoms with E-state index in [2.05, 4.69) is 26.9 Å². The van der Waals surface area contributed by atoms with Gasteiger partial charge >= 0.3 is 0 Å². The van der Waals surface area contributed by atoms with Crippen LogP contribution in [0.2, 0.25) is 0 Å². The number of aryl methyl sites for hydroxylation is 1. The van der Waals surface area contributed by atoms with Crippen molar-refractivity contribution in [3.63, 3.8) is 0 Å². The van der Waals surface area contributed by atoms with Crippen molar-refractivity contribution < 1.29 is 13.3 Å². The first-order valence-corrected chi connectivity index (χ1v) is 11.5. The summed E-state index contributed by atoms with van der Waals surface area (Å²) in [5, 5.41) is 8.77. The Hall–Kier alpha value is -2.97. The van der Waals surface area contributed by atoms with E-state index in [0.717, 1.165) is 43.1 Å². The number of benzene rings is 2. The Morgan fingerprint density at radius 2 is 1.73 bits per heavy atom. The van der Waals surface area contributed by atoms with Crippen LogP contribution in [0, 0.1) is 6.92 Å². The fraction of sp³-hybridized carbons (Fsp3) is 0.273. The van der Waals surface area contributed by atoms with Gasteiger partial charge in [-0.2, -0.15) is 0 Å². The second-order valence-electron chi connectivity index (χ2n) is 7.72. The summed E-state index contributed by atoms with van der Waals surface area (Å²) in [6.45, 7) is 5.98. The maximum atomic E-state index is 12.7. The van der Waals surface area contributed by atoms with Crippen LogP contribution in [0.1, 0.15) is 5.56 Å². The van der Waals surface area contributed by atoms with Crippen molar-refractivity contribution in [2.24, 2.45) is 0 Å². The van der Waals surface area contributed by atoms with Gasteiger partial charge in [-0.15, -0.1) is 10.2 Å². The van der Waals surface area contributed by atoms with Gasteiger partial charge in [-0.1, -0.05) is 24.3 Å². The van der Waals surface area contributed by atoms with Crippen molar-refractivity contribution >= 4 is 21.5 Å². The average molecular weight is 425 g/mol. The molecule has 0 spiro atoms. The first kappa shape index (κ1) is 20.3. The molecule has 0 unspecified atom stereocenters. The van der Waals surface area contributed by atoms with Crippen LogP contribution in [0.5, 0.6) is 0 Å². The van der Waals surface area contributed by atoms with Crippen molar-refractivity contribution in [1.29, 1.82) is 0 Å². The van der Waals surface area contributed by atoms with Crippen LogP contribution in [0.3, 0.4) is 0 Å². The Morgan fingerprint density at radius 3 is 2.43 bits per heavy atom. The minimum absolute atomic E-state index is 0.242. The van der Waals surface area contributed by atoms with Crippen LogP contribution in [-0.2, 0) is 10.0 Å². The molecule has 156 valence electrons. The Balaban J connectivity index is 1.52. The van der Waals surface area contributed by atoms with E-state index >= 15 is 0 Å². The molecule has 4 rings (SSSR count).